The Bertz CT molecular complexity index is 594. The molecule has 3 rings (SSSR count). The Kier molecular flexibility index (Phi) is 4.59. The van der Waals surface area contributed by atoms with Crippen LogP contribution in [0.1, 0.15) is 5.56 Å². The first-order valence-electron chi connectivity index (χ1n) is 7.49. The van der Waals surface area contributed by atoms with Crippen LogP contribution < -0.4 is 5.32 Å². The molecular weight excluding hydrogens is 280 g/mol. The van der Waals surface area contributed by atoms with Crippen LogP contribution in [0.5, 0.6) is 0 Å². The van der Waals surface area contributed by atoms with Gasteiger partial charge >= 0.3 is 0 Å². The molecule has 2 nitrogen and oxygen atoms in total. The van der Waals surface area contributed by atoms with E-state index in [4.69, 9.17) is 11.6 Å². The third-order valence-corrected chi connectivity index (χ3v) is 4.52. The van der Waals surface area contributed by atoms with Gasteiger partial charge in [-0.05, 0) is 42.3 Å². The van der Waals surface area contributed by atoms with E-state index >= 15 is 0 Å². The summed E-state index contributed by atoms with van der Waals surface area (Å²) in [6.45, 7) is 3.27. The summed E-state index contributed by atoms with van der Waals surface area (Å²) < 4.78 is 0. The van der Waals surface area contributed by atoms with Gasteiger partial charge in [0, 0.05) is 30.7 Å². The van der Waals surface area contributed by atoms with Gasteiger partial charge in [-0.2, -0.15) is 0 Å². The lowest BCUT2D eigenvalue weighted by atomic mass is 9.94. The van der Waals surface area contributed by atoms with E-state index in [0.717, 1.165) is 31.1 Å². The third-order valence-electron chi connectivity index (χ3n) is 4.27. The van der Waals surface area contributed by atoms with Gasteiger partial charge in [0.2, 0.25) is 0 Å². The molecule has 1 heterocycles. The highest BCUT2D eigenvalue weighted by molar-refractivity contribution is 6.30. The smallest absolute Gasteiger partial charge is 0.0406 e. The normalized spacial score (nSPS) is 19.6. The van der Waals surface area contributed by atoms with Crippen molar-refractivity contribution >= 4 is 11.6 Å². The van der Waals surface area contributed by atoms with Crippen molar-refractivity contribution in [2.45, 2.75) is 12.5 Å². The van der Waals surface area contributed by atoms with Crippen LogP contribution >= 0.6 is 11.6 Å². The van der Waals surface area contributed by atoms with E-state index in [9.17, 15) is 0 Å². The van der Waals surface area contributed by atoms with Crippen molar-refractivity contribution in [2.75, 3.05) is 26.7 Å². The second-order valence-corrected chi connectivity index (χ2v) is 6.14. The molecule has 1 N–H and O–H groups in total. The molecule has 3 heteroatoms. The maximum atomic E-state index is 6.00. The summed E-state index contributed by atoms with van der Waals surface area (Å²) in [4.78, 5) is 2.45. The molecule has 1 aliphatic rings. The molecule has 2 aromatic carbocycles. The predicted molar refractivity (Wildman–Crippen MR) is 89.9 cm³/mol. The van der Waals surface area contributed by atoms with Gasteiger partial charge in [0.05, 0.1) is 0 Å². The molecule has 1 atom stereocenters. The van der Waals surface area contributed by atoms with Crippen molar-refractivity contribution < 1.29 is 0 Å². The standard InChI is InChI=1S/C18H21ClN2/c1-21-11-10-20-13-17(21)12-15-4-2-3-5-18(15)14-6-8-16(19)9-7-14/h2-9,17,20H,10-13H2,1H3. The largest absolute Gasteiger partial charge is 0.314 e. The molecule has 21 heavy (non-hydrogen) atoms. The second kappa shape index (κ2) is 6.61. The average Bonchev–Trinajstić information content (AvgIpc) is 2.51. The first kappa shape index (κ1) is 14.6. The molecule has 0 bridgehead atoms. The zero-order chi connectivity index (χ0) is 14.7. The Labute approximate surface area is 131 Å². The van der Waals surface area contributed by atoms with Gasteiger partial charge in [-0.15, -0.1) is 0 Å². The van der Waals surface area contributed by atoms with Crippen molar-refractivity contribution in [3.63, 3.8) is 0 Å². The quantitative estimate of drug-likeness (QED) is 0.934. The molecule has 0 amide bonds. The van der Waals surface area contributed by atoms with Gasteiger partial charge in [0.1, 0.15) is 0 Å². The molecular formula is C18H21ClN2. The minimum absolute atomic E-state index is 0.562. The number of halogens is 1. The number of hydrogen-bond donors (Lipinski definition) is 1. The highest BCUT2D eigenvalue weighted by Gasteiger charge is 2.20. The van der Waals surface area contributed by atoms with Gasteiger partial charge in [-0.25, -0.2) is 0 Å². The van der Waals surface area contributed by atoms with Gasteiger partial charge in [-0.1, -0.05) is 48.0 Å². The van der Waals surface area contributed by atoms with Gasteiger partial charge < -0.3 is 10.2 Å². The number of nitrogens with zero attached hydrogens (tertiary/aromatic N) is 1. The molecule has 0 aliphatic carbocycles. The summed E-state index contributed by atoms with van der Waals surface area (Å²) in [5, 5.41) is 4.28. The van der Waals surface area contributed by atoms with Crippen LogP contribution in [0.2, 0.25) is 5.02 Å². The van der Waals surface area contributed by atoms with E-state index in [0.29, 0.717) is 6.04 Å². The predicted octanol–water partition coefficient (Wildman–Crippen LogP) is 3.45. The lowest BCUT2D eigenvalue weighted by Gasteiger charge is -2.33. The van der Waals surface area contributed by atoms with E-state index in [2.05, 4.69) is 53.7 Å². The topological polar surface area (TPSA) is 15.3 Å². The minimum Gasteiger partial charge on any atom is -0.314 e. The lowest BCUT2D eigenvalue weighted by molar-refractivity contribution is 0.199. The molecule has 0 aromatic heterocycles. The SMILES string of the molecule is CN1CCNCC1Cc1ccccc1-c1ccc(Cl)cc1. The summed E-state index contributed by atoms with van der Waals surface area (Å²) in [7, 11) is 2.22. The van der Waals surface area contributed by atoms with Gasteiger partial charge in [-0.3, -0.25) is 0 Å². The highest BCUT2D eigenvalue weighted by Crippen LogP contribution is 2.26. The minimum atomic E-state index is 0.562. The summed E-state index contributed by atoms with van der Waals surface area (Å²) in [6, 6.07) is 17.4. The molecule has 1 unspecified atom stereocenters. The van der Waals surface area contributed by atoms with Crippen LogP contribution in [-0.2, 0) is 6.42 Å². The summed E-state index contributed by atoms with van der Waals surface area (Å²) >= 11 is 6.00. The van der Waals surface area contributed by atoms with Crippen molar-refractivity contribution in [1.29, 1.82) is 0 Å². The maximum absolute atomic E-state index is 6.00. The van der Waals surface area contributed by atoms with Crippen LogP contribution in [-0.4, -0.2) is 37.6 Å². The summed E-state index contributed by atoms with van der Waals surface area (Å²) in [5.74, 6) is 0. The average molecular weight is 301 g/mol. The molecule has 0 radical (unpaired) electrons. The fourth-order valence-corrected chi connectivity index (χ4v) is 3.08. The van der Waals surface area contributed by atoms with Crippen LogP contribution in [0.25, 0.3) is 11.1 Å². The van der Waals surface area contributed by atoms with Crippen molar-refractivity contribution in [1.82, 2.24) is 10.2 Å². The lowest BCUT2D eigenvalue weighted by Crippen LogP contribution is -2.50. The molecule has 0 spiro atoms. The number of nitrogens with one attached hydrogen (secondary N) is 1. The van der Waals surface area contributed by atoms with Gasteiger partial charge in [0.25, 0.3) is 0 Å². The number of rotatable bonds is 3. The summed E-state index contributed by atoms with van der Waals surface area (Å²) in [5.41, 5.74) is 3.95. The van der Waals surface area contributed by atoms with Crippen LogP contribution in [0.4, 0.5) is 0 Å². The van der Waals surface area contributed by atoms with Crippen molar-refractivity contribution in [3.05, 3.63) is 59.1 Å². The molecule has 0 saturated carbocycles. The van der Waals surface area contributed by atoms with E-state index < -0.39 is 0 Å². The van der Waals surface area contributed by atoms with E-state index in [1.54, 1.807) is 0 Å². The Morgan fingerprint density at radius 1 is 1.14 bits per heavy atom. The fourth-order valence-electron chi connectivity index (χ4n) is 2.95. The highest BCUT2D eigenvalue weighted by atomic mass is 35.5. The number of hydrogen-bond acceptors (Lipinski definition) is 2. The Hall–Kier alpha value is -1.35. The van der Waals surface area contributed by atoms with Crippen molar-refractivity contribution in [2.24, 2.45) is 0 Å². The zero-order valence-electron chi connectivity index (χ0n) is 12.3. The maximum Gasteiger partial charge on any atom is 0.0406 e. The Balaban J connectivity index is 1.87. The van der Waals surface area contributed by atoms with E-state index in [1.165, 1.54) is 16.7 Å². The van der Waals surface area contributed by atoms with Crippen LogP contribution in [0.3, 0.4) is 0 Å². The number of benzene rings is 2. The van der Waals surface area contributed by atoms with E-state index in [1.807, 2.05) is 12.1 Å². The van der Waals surface area contributed by atoms with Gasteiger partial charge in [0.15, 0.2) is 0 Å². The molecule has 1 aliphatic heterocycles. The molecule has 1 saturated heterocycles. The number of likely N-dealkylation sites (N-methyl/N-ethyl adjacent to an activating group) is 1. The van der Waals surface area contributed by atoms with E-state index in [-0.39, 0.29) is 0 Å². The molecule has 110 valence electrons. The monoisotopic (exact) mass is 300 g/mol. The first-order chi connectivity index (χ1) is 10.2. The molecule has 1 fully saturated rings. The fraction of sp³-hybridized carbons (Fsp3) is 0.333. The van der Waals surface area contributed by atoms with Crippen LogP contribution in [0, 0.1) is 0 Å². The Morgan fingerprint density at radius 3 is 2.67 bits per heavy atom. The van der Waals surface area contributed by atoms with Crippen LogP contribution in [0.15, 0.2) is 48.5 Å². The zero-order valence-corrected chi connectivity index (χ0v) is 13.1. The Morgan fingerprint density at radius 2 is 1.90 bits per heavy atom. The summed E-state index contributed by atoms with van der Waals surface area (Å²) in [6.07, 6.45) is 1.07. The number of piperazine rings is 1. The van der Waals surface area contributed by atoms with Crippen molar-refractivity contribution in [3.8, 4) is 11.1 Å². The first-order valence-corrected chi connectivity index (χ1v) is 7.86. The second-order valence-electron chi connectivity index (χ2n) is 5.71. The molecule has 2 aromatic rings. The third kappa shape index (κ3) is 3.46.